The normalized spacial score (nSPS) is 13.4. The summed E-state index contributed by atoms with van der Waals surface area (Å²) in [6, 6.07) is 0. The van der Waals surface area contributed by atoms with Crippen LogP contribution in [0.5, 0.6) is 0 Å². The van der Waals surface area contributed by atoms with Crippen LogP contribution in [-0.4, -0.2) is 38.4 Å². The van der Waals surface area contributed by atoms with Crippen molar-refractivity contribution in [1.29, 1.82) is 0 Å². The van der Waals surface area contributed by atoms with Gasteiger partial charge in [0.05, 0.1) is 4.99 Å². The smallest absolute Gasteiger partial charge is 0.221 e. The lowest BCUT2D eigenvalue weighted by Gasteiger charge is -2.15. The zero-order valence-electron chi connectivity index (χ0n) is 11.1. The highest BCUT2D eigenvalue weighted by Crippen LogP contribution is 2.04. The molecule has 0 aliphatic heterocycles. The molecule has 0 bridgehead atoms. The minimum absolute atomic E-state index is 0.0178. The summed E-state index contributed by atoms with van der Waals surface area (Å²) in [5, 5.41) is -0.784. The van der Waals surface area contributed by atoms with Gasteiger partial charge in [0.2, 0.25) is 10.0 Å². The number of ether oxygens (including phenoxy) is 1. The van der Waals surface area contributed by atoms with Gasteiger partial charge in [-0.1, -0.05) is 32.5 Å². The van der Waals surface area contributed by atoms with Crippen molar-refractivity contribution in [1.82, 2.24) is 4.72 Å². The van der Waals surface area contributed by atoms with Crippen molar-refractivity contribution in [2.24, 2.45) is 5.73 Å². The van der Waals surface area contributed by atoms with E-state index in [2.05, 4.69) is 11.6 Å². The zero-order valence-corrected chi connectivity index (χ0v) is 12.8. The van der Waals surface area contributed by atoms with Crippen molar-refractivity contribution < 1.29 is 13.2 Å². The molecular weight excluding hydrogens is 272 g/mol. The molecule has 18 heavy (non-hydrogen) atoms. The molecular formula is C11H24N2O3S2. The van der Waals surface area contributed by atoms with Gasteiger partial charge < -0.3 is 10.5 Å². The highest BCUT2D eigenvalue weighted by molar-refractivity contribution is 7.93. The molecule has 5 nitrogen and oxygen atoms in total. The minimum atomic E-state index is -3.44. The number of nitrogens with one attached hydrogen (secondary N) is 1. The molecule has 0 saturated carbocycles. The first-order valence-corrected chi connectivity index (χ1v) is 8.26. The lowest BCUT2D eigenvalue weighted by molar-refractivity contribution is 0.130. The average Bonchev–Trinajstić information content (AvgIpc) is 2.27. The van der Waals surface area contributed by atoms with Gasteiger partial charge in [-0.05, 0) is 19.3 Å². The molecule has 7 heteroatoms. The maximum atomic E-state index is 11.8. The van der Waals surface area contributed by atoms with Gasteiger partial charge in [-0.2, -0.15) is 0 Å². The second kappa shape index (κ2) is 9.66. The quantitative estimate of drug-likeness (QED) is 0.442. The zero-order chi connectivity index (χ0) is 14.0. The van der Waals surface area contributed by atoms with Crippen LogP contribution in [0.2, 0.25) is 0 Å². The van der Waals surface area contributed by atoms with Crippen molar-refractivity contribution in [3.05, 3.63) is 0 Å². The third-order valence-electron chi connectivity index (χ3n) is 2.47. The largest absolute Gasteiger partial charge is 0.392 e. The summed E-state index contributed by atoms with van der Waals surface area (Å²) in [4.78, 5) is 0.0178. The molecule has 108 valence electrons. The molecule has 0 spiro atoms. The molecule has 0 heterocycles. The van der Waals surface area contributed by atoms with E-state index >= 15 is 0 Å². The fraction of sp³-hybridized carbons (Fsp3) is 0.909. The summed E-state index contributed by atoms with van der Waals surface area (Å²) in [6.45, 7) is 5.49. The standard InChI is InChI=1S/C11H24N2O3S2/c1-3-5-8-16-9-6-7-13-18(14,15)10(4-2)11(12)17/h10,13H,3-9H2,1-2H3,(H2,12,17). The molecule has 0 aromatic carbocycles. The molecule has 1 unspecified atom stereocenters. The predicted octanol–water partition coefficient (Wildman–Crippen LogP) is 1.18. The first-order chi connectivity index (χ1) is 8.45. The number of thiocarbonyl (C=S) groups is 1. The molecule has 1 atom stereocenters. The Labute approximate surface area is 116 Å². The summed E-state index contributed by atoms with van der Waals surface area (Å²) in [6.07, 6.45) is 3.16. The predicted molar refractivity (Wildman–Crippen MR) is 78.1 cm³/mol. The van der Waals surface area contributed by atoms with E-state index in [-0.39, 0.29) is 4.99 Å². The van der Waals surface area contributed by atoms with Gasteiger partial charge in [0.1, 0.15) is 5.25 Å². The van der Waals surface area contributed by atoms with Crippen LogP contribution in [0.15, 0.2) is 0 Å². The number of sulfonamides is 1. The summed E-state index contributed by atoms with van der Waals surface area (Å²) >= 11 is 4.75. The van der Waals surface area contributed by atoms with E-state index < -0.39 is 15.3 Å². The van der Waals surface area contributed by atoms with Crippen LogP contribution in [-0.2, 0) is 14.8 Å². The molecule has 0 aromatic rings. The van der Waals surface area contributed by atoms with Crippen LogP contribution in [0.4, 0.5) is 0 Å². The maximum absolute atomic E-state index is 11.8. The van der Waals surface area contributed by atoms with Crippen LogP contribution >= 0.6 is 12.2 Å². The number of rotatable bonds is 11. The van der Waals surface area contributed by atoms with Crippen LogP contribution in [0.3, 0.4) is 0 Å². The summed E-state index contributed by atoms with van der Waals surface area (Å²) < 4.78 is 31.5. The number of hydrogen-bond donors (Lipinski definition) is 2. The Balaban J connectivity index is 3.87. The first kappa shape index (κ1) is 17.8. The molecule has 0 aliphatic rings. The van der Waals surface area contributed by atoms with Crippen molar-refractivity contribution in [2.75, 3.05) is 19.8 Å². The van der Waals surface area contributed by atoms with Gasteiger partial charge in [0.15, 0.2) is 0 Å². The van der Waals surface area contributed by atoms with Crippen LogP contribution in [0, 0.1) is 0 Å². The summed E-state index contributed by atoms with van der Waals surface area (Å²) in [5.41, 5.74) is 5.41. The molecule has 0 fully saturated rings. The fourth-order valence-corrected chi connectivity index (χ4v) is 3.33. The van der Waals surface area contributed by atoms with Crippen LogP contribution < -0.4 is 10.5 Å². The van der Waals surface area contributed by atoms with Crippen molar-refractivity contribution in [3.8, 4) is 0 Å². The Hall–Kier alpha value is -0.240. The van der Waals surface area contributed by atoms with Gasteiger partial charge in [0.25, 0.3) is 0 Å². The Morgan fingerprint density at radius 1 is 1.33 bits per heavy atom. The van der Waals surface area contributed by atoms with E-state index in [1.165, 1.54) is 0 Å². The number of unbranched alkanes of at least 4 members (excludes halogenated alkanes) is 1. The van der Waals surface area contributed by atoms with E-state index in [9.17, 15) is 8.42 Å². The Kier molecular flexibility index (Phi) is 9.53. The van der Waals surface area contributed by atoms with E-state index in [4.69, 9.17) is 22.7 Å². The van der Waals surface area contributed by atoms with Gasteiger partial charge in [0, 0.05) is 19.8 Å². The molecule has 0 radical (unpaired) electrons. The van der Waals surface area contributed by atoms with Crippen molar-refractivity contribution in [2.45, 2.75) is 44.8 Å². The lowest BCUT2D eigenvalue weighted by Crippen LogP contribution is -2.42. The molecule has 0 saturated heterocycles. The van der Waals surface area contributed by atoms with Crippen LogP contribution in [0.25, 0.3) is 0 Å². The van der Waals surface area contributed by atoms with E-state index in [0.717, 1.165) is 19.4 Å². The highest BCUT2D eigenvalue weighted by Gasteiger charge is 2.25. The monoisotopic (exact) mass is 296 g/mol. The molecule has 3 N–H and O–H groups in total. The van der Waals surface area contributed by atoms with Crippen molar-refractivity contribution >= 4 is 27.2 Å². The SMILES string of the molecule is CCCCOCCCNS(=O)(=O)C(CC)C(N)=S. The summed E-state index contributed by atoms with van der Waals surface area (Å²) in [7, 11) is -3.44. The second-order valence-corrected chi connectivity index (χ2v) is 6.48. The van der Waals surface area contributed by atoms with Gasteiger partial charge in [-0.15, -0.1) is 0 Å². The number of hydrogen-bond acceptors (Lipinski definition) is 4. The maximum Gasteiger partial charge on any atom is 0.221 e. The fourth-order valence-electron chi connectivity index (χ4n) is 1.41. The van der Waals surface area contributed by atoms with E-state index in [1.54, 1.807) is 6.92 Å². The summed E-state index contributed by atoms with van der Waals surface area (Å²) in [5.74, 6) is 0. The van der Waals surface area contributed by atoms with E-state index in [1.807, 2.05) is 0 Å². The minimum Gasteiger partial charge on any atom is -0.392 e. The van der Waals surface area contributed by atoms with Gasteiger partial charge >= 0.3 is 0 Å². The average molecular weight is 296 g/mol. The molecule has 0 aliphatic carbocycles. The van der Waals surface area contributed by atoms with Crippen molar-refractivity contribution in [3.63, 3.8) is 0 Å². The Morgan fingerprint density at radius 2 is 1.94 bits per heavy atom. The Morgan fingerprint density at radius 3 is 2.44 bits per heavy atom. The van der Waals surface area contributed by atoms with Crippen LogP contribution in [0.1, 0.15) is 39.5 Å². The molecule has 0 rings (SSSR count). The Bertz CT molecular complexity index is 331. The molecule has 0 amide bonds. The first-order valence-electron chi connectivity index (χ1n) is 6.31. The lowest BCUT2D eigenvalue weighted by atomic mass is 10.3. The van der Waals surface area contributed by atoms with Gasteiger partial charge in [-0.3, -0.25) is 0 Å². The third kappa shape index (κ3) is 7.25. The molecule has 0 aromatic heterocycles. The second-order valence-electron chi connectivity index (χ2n) is 4.06. The highest BCUT2D eigenvalue weighted by atomic mass is 32.2. The van der Waals surface area contributed by atoms with Gasteiger partial charge in [-0.25, -0.2) is 13.1 Å². The topological polar surface area (TPSA) is 81.4 Å². The van der Waals surface area contributed by atoms with E-state index in [0.29, 0.717) is 26.0 Å². The number of nitrogens with two attached hydrogens (primary N) is 1. The third-order valence-corrected chi connectivity index (χ3v) is 4.85.